The molecule has 0 atom stereocenters. The largest absolute Gasteiger partial charge is 0.573 e. The molecular formula is C51H57F6N5O11. The molecule has 2 saturated carbocycles. The zero-order chi connectivity index (χ0) is 53.5. The molecule has 73 heavy (non-hydrogen) atoms. The van der Waals surface area contributed by atoms with Crippen LogP contribution in [0, 0.1) is 11.8 Å². The molecule has 2 aliphatic carbocycles. The summed E-state index contributed by atoms with van der Waals surface area (Å²) in [5.41, 5.74) is 2.51. The summed E-state index contributed by atoms with van der Waals surface area (Å²) in [4.78, 5) is 78.6. The molecular weight excluding hydrogens is 973 g/mol. The van der Waals surface area contributed by atoms with Crippen molar-refractivity contribution in [2.45, 2.75) is 103 Å². The number of hydrogen-bond acceptors (Lipinski definition) is 9. The van der Waals surface area contributed by atoms with Crippen molar-refractivity contribution in [2.24, 2.45) is 11.8 Å². The Labute approximate surface area is 417 Å². The van der Waals surface area contributed by atoms with Crippen LogP contribution in [0.2, 0.25) is 0 Å². The van der Waals surface area contributed by atoms with E-state index in [1.165, 1.54) is 48.4 Å². The third kappa shape index (κ3) is 17.3. The average Bonchev–Trinajstić information content (AvgIpc) is 3.36. The van der Waals surface area contributed by atoms with Crippen molar-refractivity contribution in [3.05, 3.63) is 119 Å². The van der Waals surface area contributed by atoms with Gasteiger partial charge in [0, 0.05) is 55.6 Å². The number of aliphatic carboxylic acids is 1. The molecule has 0 aliphatic heterocycles. The number of urea groups is 2. The fourth-order valence-electron chi connectivity index (χ4n) is 8.68. The number of methoxy groups -OCH3 is 1. The maximum absolute atomic E-state index is 13.4. The predicted octanol–water partition coefficient (Wildman–Crippen LogP) is 10.8. The quantitative estimate of drug-likeness (QED) is 0.0614. The number of hydrogen-bond donors (Lipinski definition) is 4. The van der Waals surface area contributed by atoms with Gasteiger partial charge in [-0.2, -0.15) is 0 Å². The Kier molecular flexibility index (Phi) is 19.9. The van der Waals surface area contributed by atoms with Gasteiger partial charge in [0.25, 0.3) is 0 Å². The van der Waals surface area contributed by atoms with Crippen LogP contribution in [-0.4, -0.2) is 106 Å². The van der Waals surface area contributed by atoms with Crippen molar-refractivity contribution in [3.63, 3.8) is 0 Å². The maximum atomic E-state index is 13.4. The van der Waals surface area contributed by atoms with Gasteiger partial charge in [0.1, 0.15) is 11.5 Å². The van der Waals surface area contributed by atoms with E-state index in [0.29, 0.717) is 81.3 Å². The van der Waals surface area contributed by atoms with Gasteiger partial charge in [-0.3, -0.25) is 9.59 Å². The Bertz CT molecular complexity index is 2470. The Morgan fingerprint density at radius 2 is 0.918 bits per heavy atom. The zero-order valence-corrected chi connectivity index (χ0v) is 40.2. The number of halogens is 6. The highest BCUT2D eigenvalue weighted by atomic mass is 19.4. The summed E-state index contributed by atoms with van der Waals surface area (Å²) in [7, 11) is 1.30. The second kappa shape index (κ2) is 25.7. The number of amides is 5. The number of ether oxygens (including phenoxy) is 3. The molecule has 2 fully saturated rings. The SMILES string of the molecule is CCN(CC)C(=O)C1CCC(N(Cc2ccc(C(=O)OC)cc2)C(=O)Nc2ccc(OC(F)(F)F)cc2)CC1.O=C(O)c1ccc(CN(C(=O)Nc2ccc(OC(F)(F)F)cc2)C2CCC(C(=O)O)CC2)cc1. The van der Waals surface area contributed by atoms with Gasteiger partial charge in [0.2, 0.25) is 5.91 Å². The maximum Gasteiger partial charge on any atom is 0.573 e. The molecule has 0 radical (unpaired) electrons. The molecule has 16 nitrogen and oxygen atoms in total. The van der Waals surface area contributed by atoms with Gasteiger partial charge in [-0.15, -0.1) is 26.3 Å². The molecule has 0 unspecified atom stereocenters. The molecule has 394 valence electrons. The topological polar surface area (TPSA) is 204 Å². The van der Waals surface area contributed by atoms with Crippen LogP contribution in [-0.2, 0) is 27.4 Å². The predicted molar refractivity (Wildman–Crippen MR) is 254 cm³/mol. The van der Waals surface area contributed by atoms with Gasteiger partial charge in [-0.1, -0.05) is 24.3 Å². The van der Waals surface area contributed by atoms with Crippen LogP contribution in [0.4, 0.5) is 47.3 Å². The highest BCUT2D eigenvalue weighted by molar-refractivity contribution is 5.91. The van der Waals surface area contributed by atoms with Crippen molar-refractivity contribution < 1.29 is 79.5 Å². The van der Waals surface area contributed by atoms with Gasteiger partial charge < -0.3 is 49.8 Å². The smallest absolute Gasteiger partial charge is 0.481 e. The van der Waals surface area contributed by atoms with Crippen LogP contribution in [0.5, 0.6) is 11.5 Å². The van der Waals surface area contributed by atoms with Crippen LogP contribution < -0.4 is 20.1 Å². The van der Waals surface area contributed by atoms with E-state index in [4.69, 9.17) is 9.84 Å². The average molecular weight is 1030 g/mol. The lowest BCUT2D eigenvalue weighted by Crippen LogP contribution is -2.46. The molecule has 4 aromatic carbocycles. The van der Waals surface area contributed by atoms with Gasteiger partial charge in [-0.25, -0.2) is 19.2 Å². The zero-order valence-electron chi connectivity index (χ0n) is 40.2. The van der Waals surface area contributed by atoms with E-state index < -0.39 is 54.4 Å². The number of esters is 1. The van der Waals surface area contributed by atoms with E-state index in [2.05, 4.69) is 20.1 Å². The molecule has 0 heterocycles. The molecule has 2 aliphatic rings. The minimum Gasteiger partial charge on any atom is -0.481 e. The van der Waals surface area contributed by atoms with Crippen LogP contribution in [0.3, 0.4) is 0 Å². The van der Waals surface area contributed by atoms with Crippen molar-refractivity contribution in [1.29, 1.82) is 0 Å². The van der Waals surface area contributed by atoms with E-state index in [0.717, 1.165) is 29.8 Å². The van der Waals surface area contributed by atoms with Crippen molar-refractivity contribution in [3.8, 4) is 11.5 Å². The number of anilines is 2. The van der Waals surface area contributed by atoms with E-state index in [-0.39, 0.29) is 54.0 Å². The van der Waals surface area contributed by atoms with Crippen molar-refractivity contribution in [2.75, 3.05) is 30.8 Å². The Hall–Kier alpha value is -7.52. The van der Waals surface area contributed by atoms with E-state index in [9.17, 15) is 60.2 Å². The molecule has 4 N–H and O–H groups in total. The van der Waals surface area contributed by atoms with E-state index in [1.54, 1.807) is 41.3 Å². The number of benzene rings is 4. The number of alkyl halides is 6. The molecule has 4 aromatic rings. The minimum atomic E-state index is -4.83. The van der Waals surface area contributed by atoms with Crippen LogP contribution in [0.1, 0.15) is 97.1 Å². The Morgan fingerprint density at radius 1 is 0.548 bits per heavy atom. The first-order chi connectivity index (χ1) is 34.6. The van der Waals surface area contributed by atoms with Crippen LogP contribution >= 0.6 is 0 Å². The highest BCUT2D eigenvalue weighted by Crippen LogP contribution is 2.33. The second-order valence-electron chi connectivity index (χ2n) is 17.3. The first kappa shape index (κ1) is 56.4. The molecule has 22 heteroatoms. The fourth-order valence-corrected chi connectivity index (χ4v) is 8.68. The Balaban J connectivity index is 0.000000273. The lowest BCUT2D eigenvalue weighted by molar-refractivity contribution is -0.275. The van der Waals surface area contributed by atoms with Crippen molar-refractivity contribution >= 4 is 47.3 Å². The molecule has 0 bridgehead atoms. The normalized spacial score (nSPS) is 17.6. The summed E-state index contributed by atoms with van der Waals surface area (Å²) >= 11 is 0. The van der Waals surface area contributed by atoms with Crippen molar-refractivity contribution in [1.82, 2.24) is 14.7 Å². The van der Waals surface area contributed by atoms with Crippen LogP contribution in [0.15, 0.2) is 97.1 Å². The third-order valence-electron chi connectivity index (χ3n) is 12.5. The fraction of sp³-hybridized carbons (Fsp3) is 0.412. The number of carbonyl (C=O) groups excluding carboxylic acids is 4. The first-order valence-electron chi connectivity index (χ1n) is 23.4. The number of nitrogens with zero attached hydrogens (tertiary/aromatic N) is 3. The summed E-state index contributed by atoms with van der Waals surface area (Å²) in [5.74, 6) is -3.67. The first-order valence-corrected chi connectivity index (χ1v) is 23.4. The monoisotopic (exact) mass is 1030 g/mol. The number of carboxylic acid groups (broad SMARTS) is 2. The summed E-state index contributed by atoms with van der Waals surface area (Å²) in [6.45, 7) is 5.58. The van der Waals surface area contributed by atoms with Gasteiger partial charge in [-0.05, 0) is 149 Å². The van der Waals surface area contributed by atoms with Gasteiger partial charge in [0.15, 0.2) is 0 Å². The second-order valence-corrected chi connectivity index (χ2v) is 17.3. The number of carboxylic acids is 2. The number of rotatable bonds is 16. The molecule has 0 aromatic heterocycles. The number of nitrogens with one attached hydrogen (secondary N) is 2. The highest BCUT2D eigenvalue weighted by Gasteiger charge is 2.35. The van der Waals surface area contributed by atoms with E-state index in [1.807, 2.05) is 18.7 Å². The molecule has 6 rings (SSSR count). The summed E-state index contributed by atoms with van der Waals surface area (Å²) in [5, 5.41) is 23.7. The molecule has 0 saturated heterocycles. The Morgan fingerprint density at radius 3 is 1.25 bits per heavy atom. The lowest BCUT2D eigenvalue weighted by atomic mass is 9.84. The lowest BCUT2D eigenvalue weighted by Gasteiger charge is -2.37. The number of carbonyl (C=O) groups is 6. The summed E-state index contributed by atoms with van der Waals surface area (Å²) in [6, 6.07) is 21.1. The third-order valence-corrected chi connectivity index (χ3v) is 12.5. The summed E-state index contributed by atoms with van der Waals surface area (Å²) < 4.78 is 86.9. The van der Waals surface area contributed by atoms with E-state index >= 15 is 0 Å². The molecule has 0 spiro atoms. The van der Waals surface area contributed by atoms with Crippen LogP contribution in [0.25, 0.3) is 0 Å². The van der Waals surface area contributed by atoms with Gasteiger partial charge >= 0.3 is 42.7 Å². The van der Waals surface area contributed by atoms with Gasteiger partial charge in [0.05, 0.1) is 24.2 Å². The minimum absolute atomic E-state index is 0.0911. The summed E-state index contributed by atoms with van der Waals surface area (Å²) in [6.07, 6.45) is -5.33. The number of aromatic carboxylic acids is 1. The molecule has 5 amide bonds. The standard InChI is InChI=1S/C28H34F3N3O5.C23H23F3N2O6/c1-4-33(5-2)25(35)20-10-14-23(15-11-20)34(18-19-6-8-21(9-7-19)26(36)38-3)27(37)32-22-12-16-24(17-13-22)39-28(29,30)31;24-23(25,26)34-19-11-7-17(8-12-19)27-22(33)28(18-9-5-16(6-10-18)21(31)32)13-14-1-3-15(4-2-14)20(29)30/h6-9,12-13,16-17,20,23H,4-5,10-11,14-15,18H2,1-3H3,(H,32,37);1-4,7-8,11-12,16,18H,5-6,9-10,13H2,(H,27,33)(H,29,30)(H,31,32).